The Kier molecular flexibility index (Phi) is 3.86. The number of aliphatic hydroxyl groups excluding tert-OH is 2. The molecule has 0 radical (unpaired) electrons. The number of piperidine rings is 1. The zero-order valence-corrected chi connectivity index (χ0v) is 13.2. The molecule has 1 aromatic carbocycles. The molecule has 4 rings (SSSR count). The van der Waals surface area contributed by atoms with Crippen LogP contribution in [0.15, 0.2) is 24.5 Å². The molecule has 0 bridgehead atoms. The lowest BCUT2D eigenvalue weighted by Gasteiger charge is -2.46. The average Bonchev–Trinajstić information content (AvgIpc) is 2.59. The normalized spacial score (nSPS) is 26.9. The molecule has 2 aliphatic rings. The van der Waals surface area contributed by atoms with Gasteiger partial charge in [0.05, 0.1) is 29.2 Å². The van der Waals surface area contributed by atoms with Crippen molar-refractivity contribution >= 4 is 16.7 Å². The molecule has 2 saturated heterocycles. The van der Waals surface area contributed by atoms with E-state index >= 15 is 0 Å². The summed E-state index contributed by atoms with van der Waals surface area (Å²) in [5.41, 5.74) is 0.184. The molecule has 2 atom stereocenters. The number of hydrogen-bond donors (Lipinski definition) is 2. The predicted octanol–water partition coefficient (Wildman–Crippen LogP) is 1.25. The zero-order chi connectivity index (χ0) is 16.7. The van der Waals surface area contributed by atoms with Gasteiger partial charge < -0.3 is 19.8 Å². The maximum absolute atomic E-state index is 14.3. The summed E-state index contributed by atoms with van der Waals surface area (Å²) < 4.78 is 20.1. The van der Waals surface area contributed by atoms with E-state index in [-0.39, 0.29) is 12.4 Å². The van der Waals surface area contributed by atoms with Crippen molar-refractivity contribution < 1.29 is 19.3 Å². The Hall–Kier alpha value is -1.83. The molecule has 1 aromatic heterocycles. The van der Waals surface area contributed by atoms with Crippen molar-refractivity contribution in [2.24, 2.45) is 0 Å². The molecule has 0 aliphatic carbocycles. The third kappa shape index (κ3) is 2.62. The topological polar surface area (TPSA) is 78.7 Å². The fourth-order valence-electron chi connectivity index (χ4n) is 3.72. The van der Waals surface area contributed by atoms with E-state index in [0.717, 1.165) is 0 Å². The van der Waals surface area contributed by atoms with Gasteiger partial charge in [0.25, 0.3) is 0 Å². The molecule has 1 spiro atoms. The lowest BCUT2D eigenvalue weighted by atomic mass is 9.82. The van der Waals surface area contributed by atoms with E-state index in [0.29, 0.717) is 49.1 Å². The van der Waals surface area contributed by atoms with Gasteiger partial charge in [-0.15, -0.1) is 0 Å². The number of rotatable bonds is 1. The Morgan fingerprint density at radius 3 is 2.71 bits per heavy atom. The molecule has 128 valence electrons. The smallest absolute Gasteiger partial charge is 0.142 e. The first kappa shape index (κ1) is 15.7. The second kappa shape index (κ2) is 5.91. The molecule has 3 heterocycles. The zero-order valence-electron chi connectivity index (χ0n) is 13.2. The number of anilines is 1. The molecule has 0 unspecified atom stereocenters. The number of aromatic nitrogens is 2. The fourth-order valence-corrected chi connectivity index (χ4v) is 3.72. The van der Waals surface area contributed by atoms with Gasteiger partial charge in [-0.3, -0.25) is 0 Å². The first-order valence-electron chi connectivity index (χ1n) is 8.22. The summed E-state index contributed by atoms with van der Waals surface area (Å²) >= 11 is 0. The summed E-state index contributed by atoms with van der Waals surface area (Å²) in [6.07, 6.45) is 1.74. The van der Waals surface area contributed by atoms with Crippen LogP contribution in [-0.4, -0.2) is 57.7 Å². The van der Waals surface area contributed by atoms with Gasteiger partial charge in [0.1, 0.15) is 24.1 Å². The maximum Gasteiger partial charge on any atom is 0.142 e. The van der Waals surface area contributed by atoms with Crippen LogP contribution in [0.1, 0.15) is 19.3 Å². The van der Waals surface area contributed by atoms with Gasteiger partial charge in [-0.25, -0.2) is 14.4 Å². The van der Waals surface area contributed by atoms with Gasteiger partial charge in [0.15, 0.2) is 0 Å². The molecule has 0 saturated carbocycles. The van der Waals surface area contributed by atoms with Crippen molar-refractivity contribution in [3.8, 4) is 0 Å². The lowest BCUT2D eigenvalue weighted by Crippen LogP contribution is -2.54. The van der Waals surface area contributed by atoms with E-state index < -0.39 is 17.8 Å². The van der Waals surface area contributed by atoms with Gasteiger partial charge in [-0.1, -0.05) is 6.07 Å². The lowest BCUT2D eigenvalue weighted by molar-refractivity contribution is -0.178. The summed E-state index contributed by atoms with van der Waals surface area (Å²) in [6.45, 7) is 1.47. The minimum absolute atomic E-state index is 0.159. The third-order valence-electron chi connectivity index (χ3n) is 5.15. The van der Waals surface area contributed by atoms with Gasteiger partial charge in [0, 0.05) is 19.5 Å². The van der Waals surface area contributed by atoms with Gasteiger partial charge >= 0.3 is 0 Å². The van der Waals surface area contributed by atoms with Crippen molar-refractivity contribution in [3.63, 3.8) is 0 Å². The molecular formula is C17H20FN3O3. The molecule has 2 aliphatic heterocycles. The first-order valence-corrected chi connectivity index (χ1v) is 8.22. The second-order valence-electron chi connectivity index (χ2n) is 6.65. The highest BCUT2D eigenvalue weighted by Gasteiger charge is 2.43. The standard InChI is InChI=1S/C17H20FN3O3/c18-11-2-1-3-12-15(11)16(20-10-19-12)21-6-4-17(5-7-21)8-13(22)14(23)9-24-17/h1-3,10,13-14,22-23H,4-9H2/t13-,14+/m1/s1. The minimum atomic E-state index is -0.812. The monoisotopic (exact) mass is 333 g/mol. The molecule has 24 heavy (non-hydrogen) atoms. The van der Waals surface area contributed by atoms with Crippen molar-refractivity contribution in [1.29, 1.82) is 0 Å². The molecule has 0 amide bonds. The Bertz CT molecular complexity index is 744. The number of benzene rings is 1. The summed E-state index contributed by atoms with van der Waals surface area (Å²) in [5, 5.41) is 20.0. The van der Waals surface area contributed by atoms with Crippen LogP contribution in [0.4, 0.5) is 10.2 Å². The first-order chi connectivity index (χ1) is 11.6. The average molecular weight is 333 g/mol. The molecule has 2 aromatic rings. The number of ether oxygens (including phenoxy) is 1. The van der Waals surface area contributed by atoms with Crippen molar-refractivity contribution in [2.75, 3.05) is 24.6 Å². The summed E-state index contributed by atoms with van der Waals surface area (Å²) in [4.78, 5) is 10.5. The number of aliphatic hydroxyl groups is 2. The van der Waals surface area contributed by atoms with Crippen LogP contribution in [-0.2, 0) is 4.74 Å². The van der Waals surface area contributed by atoms with Crippen LogP contribution in [0.2, 0.25) is 0 Å². The number of hydrogen-bond acceptors (Lipinski definition) is 6. The quantitative estimate of drug-likeness (QED) is 0.818. The Morgan fingerprint density at radius 1 is 1.17 bits per heavy atom. The van der Waals surface area contributed by atoms with Crippen LogP contribution in [0.25, 0.3) is 10.9 Å². The SMILES string of the molecule is O[C@@H]1CC2(CCN(c3ncnc4cccc(F)c34)CC2)OC[C@@H]1O. The largest absolute Gasteiger partial charge is 0.390 e. The highest BCUT2D eigenvalue weighted by molar-refractivity contribution is 5.89. The summed E-state index contributed by atoms with van der Waals surface area (Å²) in [7, 11) is 0. The number of nitrogens with zero attached hydrogens (tertiary/aromatic N) is 3. The van der Waals surface area contributed by atoms with E-state index in [1.807, 2.05) is 4.90 Å². The second-order valence-corrected chi connectivity index (χ2v) is 6.65. The summed E-state index contributed by atoms with van der Waals surface area (Å²) in [5.74, 6) is 0.278. The fraction of sp³-hybridized carbons (Fsp3) is 0.529. The highest BCUT2D eigenvalue weighted by Crippen LogP contribution is 2.37. The molecule has 6 nitrogen and oxygen atoms in total. The predicted molar refractivity (Wildman–Crippen MR) is 86.3 cm³/mol. The van der Waals surface area contributed by atoms with E-state index in [1.165, 1.54) is 12.4 Å². The molecule has 2 N–H and O–H groups in total. The van der Waals surface area contributed by atoms with Gasteiger partial charge in [-0.2, -0.15) is 0 Å². The Morgan fingerprint density at radius 2 is 1.96 bits per heavy atom. The maximum atomic E-state index is 14.3. The minimum Gasteiger partial charge on any atom is -0.390 e. The molecule has 7 heteroatoms. The van der Waals surface area contributed by atoms with Gasteiger partial charge in [-0.05, 0) is 25.0 Å². The van der Waals surface area contributed by atoms with E-state index in [2.05, 4.69) is 9.97 Å². The van der Waals surface area contributed by atoms with E-state index in [1.54, 1.807) is 12.1 Å². The van der Waals surface area contributed by atoms with Crippen LogP contribution in [0.5, 0.6) is 0 Å². The van der Waals surface area contributed by atoms with Crippen LogP contribution in [0, 0.1) is 5.82 Å². The van der Waals surface area contributed by atoms with Crippen molar-refractivity contribution in [1.82, 2.24) is 9.97 Å². The van der Waals surface area contributed by atoms with Crippen LogP contribution in [0.3, 0.4) is 0 Å². The Labute approximate surface area is 138 Å². The van der Waals surface area contributed by atoms with E-state index in [4.69, 9.17) is 4.74 Å². The summed E-state index contributed by atoms with van der Waals surface area (Å²) in [6, 6.07) is 4.84. The van der Waals surface area contributed by atoms with Crippen molar-refractivity contribution in [3.05, 3.63) is 30.3 Å². The van der Waals surface area contributed by atoms with Crippen LogP contribution >= 0.6 is 0 Å². The highest BCUT2D eigenvalue weighted by atomic mass is 19.1. The molecule has 2 fully saturated rings. The number of halogens is 1. The van der Waals surface area contributed by atoms with Crippen LogP contribution < -0.4 is 4.90 Å². The Balaban J connectivity index is 1.57. The molecular weight excluding hydrogens is 313 g/mol. The van der Waals surface area contributed by atoms with E-state index in [9.17, 15) is 14.6 Å². The van der Waals surface area contributed by atoms with Crippen molar-refractivity contribution in [2.45, 2.75) is 37.1 Å². The van der Waals surface area contributed by atoms with Gasteiger partial charge in [0.2, 0.25) is 0 Å². The third-order valence-corrected chi connectivity index (χ3v) is 5.15. The number of fused-ring (bicyclic) bond motifs is 1.